The molecule has 1 aliphatic rings. The molecular weight excluding hydrogens is 128 g/mol. The Hall–Kier alpha value is -1.58. The van der Waals surface area contributed by atoms with Gasteiger partial charge in [0.1, 0.15) is 11.5 Å². The van der Waals surface area contributed by atoms with E-state index in [1.165, 1.54) is 6.34 Å². The number of nitrogens with zero attached hydrogens (tertiary/aromatic N) is 1. The van der Waals surface area contributed by atoms with Gasteiger partial charge < -0.3 is 11.1 Å². The van der Waals surface area contributed by atoms with Gasteiger partial charge in [-0.15, -0.1) is 0 Å². The maximum Gasteiger partial charge on any atom is 0.141 e. The predicted octanol–water partition coefficient (Wildman–Crippen LogP) is -0.0485. The van der Waals surface area contributed by atoms with E-state index in [2.05, 4.69) is 10.3 Å². The lowest BCUT2D eigenvalue weighted by Gasteiger charge is -1.92. The molecule has 0 bridgehead atoms. The molecule has 10 heavy (non-hydrogen) atoms. The highest BCUT2D eigenvalue weighted by atomic mass is 15.0. The largest absolute Gasteiger partial charge is 0.382 e. The second-order valence-corrected chi connectivity index (χ2v) is 1.75. The van der Waals surface area contributed by atoms with Crippen LogP contribution in [0.25, 0.3) is 0 Å². The molecule has 52 valence electrons. The minimum absolute atomic E-state index is 0.0235. The first-order valence-electron chi connectivity index (χ1n) is 2.80. The molecular formula is C6H8N4. The van der Waals surface area contributed by atoms with Gasteiger partial charge in [0.15, 0.2) is 0 Å². The standard InChI is InChI=1S/C6H8N4/c7-6(8)5-2-1-3-9-4-10-5/h1-4H,(H3,7,8)(H,9,10). The fourth-order valence-corrected chi connectivity index (χ4v) is 0.547. The number of hydrogen-bond acceptors (Lipinski definition) is 3. The van der Waals surface area contributed by atoms with E-state index in [1.54, 1.807) is 18.4 Å². The van der Waals surface area contributed by atoms with Gasteiger partial charge in [0.05, 0.1) is 6.34 Å². The molecule has 0 aromatic heterocycles. The van der Waals surface area contributed by atoms with Gasteiger partial charge in [-0.1, -0.05) is 0 Å². The number of nitrogens with two attached hydrogens (primary N) is 1. The van der Waals surface area contributed by atoms with Crippen molar-refractivity contribution in [1.29, 1.82) is 5.41 Å². The first kappa shape index (κ1) is 6.54. The molecule has 1 heterocycles. The Bertz CT molecular complexity index is 224. The van der Waals surface area contributed by atoms with Crippen LogP contribution in [0.5, 0.6) is 0 Å². The number of rotatable bonds is 1. The summed E-state index contributed by atoms with van der Waals surface area (Å²) in [5.74, 6) is -0.0235. The molecule has 0 saturated heterocycles. The number of nitrogens with one attached hydrogen (secondary N) is 2. The zero-order valence-corrected chi connectivity index (χ0v) is 5.33. The molecule has 4 heteroatoms. The van der Waals surface area contributed by atoms with Crippen LogP contribution in [0.4, 0.5) is 0 Å². The van der Waals surface area contributed by atoms with E-state index in [0.29, 0.717) is 5.70 Å². The number of aliphatic imine (C=N–C) groups is 1. The van der Waals surface area contributed by atoms with E-state index in [4.69, 9.17) is 11.1 Å². The van der Waals surface area contributed by atoms with Crippen molar-refractivity contribution in [3.05, 3.63) is 24.0 Å². The van der Waals surface area contributed by atoms with E-state index in [-0.39, 0.29) is 5.84 Å². The minimum atomic E-state index is -0.0235. The summed E-state index contributed by atoms with van der Waals surface area (Å²) in [5.41, 5.74) is 5.65. The van der Waals surface area contributed by atoms with E-state index in [0.717, 1.165) is 0 Å². The molecule has 0 fully saturated rings. The lowest BCUT2D eigenvalue weighted by Crippen LogP contribution is -2.11. The summed E-state index contributed by atoms with van der Waals surface area (Å²) in [5, 5.41) is 9.78. The SMILES string of the molecule is N=C(N)C1=CC=CNC=N1. The van der Waals surface area contributed by atoms with Gasteiger partial charge in [-0.2, -0.15) is 0 Å². The Labute approximate surface area is 58.6 Å². The second kappa shape index (κ2) is 2.82. The number of allylic oxidation sites excluding steroid dienone is 2. The summed E-state index contributed by atoms with van der Waals surface area (Å²) in [6.07, 6.45) is 6.60. The van der Waals surface area contributed by atoms with E-state index < -0.39 is 0 Å². The molecule has 1 aliphatic heterocycles. The van der Waals surface area contributed by atoms with Gasteiger partial charge in [-0.05, 0) is 12.2 Å². The highest BCUT2D eigenvalue weighted by Gasteiger charge is 1.95. The summed E-state index contributed by atoms with van der Waals surface area (Å²) < 4.78 is 0. The molecule has 0 unspecified atom stereocenters. The highest BCUT2D eigenvalue weighted by Crippen LogP contribution is 1.96. The predicted molar refractivity (Wildman–Crippen MR) is 40.8 cm³/mol. The van der Waals surface area contributed by atoms with Crippen molar-refractivity contribution in [2.45, 2.75) is 0 Å². The van der Waals surface area contributed by atoms with Crippen LogP contribution < -0.4 is 11.1 Å². The highest BCUT2D eigenvalue weighted by molar-refractivity contribution is 5.95. The van der Waals surface area contributed by atoms with Crippen LogP contribution in [0.15, 0.2) is 29.0 Å². The van der Waals surface area contributed by atoms with Gasteiger partial charge >= 0.3 is 0 Å². The van der Waals surface area contributed by atoms with Crippen LogP contribution in [0.2, 0.25) is 0 Å². The van der Waals surface area contributed by atoms with Crippen molar-refractivity contribution in [3.8, 4) is 0 Å². The van der Waals surface area contributed by atoms with Gasteiger partial charge in [0.25, 0.3) is 0 Å². The zero-order chi connectivity index (χ0) is 7.40. The summed E-state index contributed by atoms with van der Waals surface area (Å²) in [6, 6.07) is 0. The van der Waals surface area contributed by atoms with E-state index in [9.17, 15) is 0 Å². The Kier molecular flexibility index (Phi) is 1.84. The third kappa shape index (κ3) is 1.45. The molecule has 0 aliphatic carbocycles. The average molecular weight is 136 g/mol. The van der Waals surface area contributed by atoms with Crippen LogP contribution in [0, 0.1) is 5.41 Å². The van der Waals surface area contributed by atoms with Crippen LogP contribution in [0.3, 0.4) is 0 Å². The topological polar surface area (TPSA) is 74.3 Å². The zero-order valence-electron chi connectivity index (χ0n) is 5.33. The number of amidine groups is 1. The van der Waals surface area contributed by atoms with E-state index >= 15 is 0 Å². The fourth-order valence-electron chi connectivity index (χ4n) is 0.547. The van der Waals surface area contributed by atoms with Crippen LogP contribution in [-0.4, -0.2) is 12.2 Å². The maximum absolute atomic E-state index is 7.02. The van der Waals surface area contributed by atoms with Crippen molar-refractivity contribution in [2.75, 3.05) is 0 Å². The summed E-state index contributed by atoms with van der Waals surface area (Å²) in [4.78, 5) is 3.84. The van der Waals surface area contributed by atoms with Gasteiger partial charge in [0, 0.05) is 6.20 Å². The second-order valence-electron chi connectivity index (χ2n) is 1.75. The molecule has 0 atom stereocenters. The summed E-state index contributed by atoms with van der Waals surface area (Å²) >= 11 is 0. The fraction of sp³-hybridized carbons (Fsp3) is 0. The Balaban J connectivity index is 2.83. The lowest BCUT2D eigenvalue weighted by atomic mass is 10.4. The first-order chi connectivity index (χ1) is 4.80. The minimum Gasteiger partial charge on any atom is -0.382 e. The maximum atomic E-state index is 7.02. The van der Waals surface area contributed by atoms with Gasteiger partial charge in [0.2, 0.25) is 0 Å². The molecule has 0 radical (unpaired) electrons. The van der Waals surface area contributed by atoms with Crippen molar-refractivity contribution < 1.29 is 0 Å². The smallest absolute Gasteiger partial charge is 0.141 e. The Morgan fingerprint density at radius 3 is 3.20 bits per heavy atom. The van der Waals surface area contributed by atoms with Crippen molar-refractivity contribution in [3.63, 3.8) is 0 Å². The molecule has 0 saturated carbocycles. The monoisotopic (exact) mass is 136 g/mol. The molecule has 1 rings (SSSR count). The Morgan fingerprint density at radius 2 is 2.50 bits per heavy atom. The van der Waals surface area contributed by atoms with Crippen molar-refractivity contribution >= 4 is 12.2 Å². The van der Waals surface area contributed by atoms with Crippen LogP contribution >= 0.6 is 0 Å². The van der Waals surface area contributed by atoms with Crippen LogP contribution in [-0.2, 0) is 0 Å². The molecule has 0 spiro atoms. The Morgan fingerprint density at radius 1 is 1.70 bits per heavy atom. The van der Waals surface area contributed by atoms with E-state index in [1.807, 2.05) is 0 Å². The van der Waals surface area contributed by atoms with Crippen molar-refractivity contribution in [1.82, 2.24) is 5.32 Å². The average Bonchev–Trinajstić information content (AvgIpc) is 2.12. The third-order valence-electron chi connectivity index (χ3n) is 1.00. The first-order valence-corrected chi connectivity index (χ1v) is 2.80. The molecule has 4 N–H and O–H groups in total. The summed E-state index contributed by atoms with van der Waals surface area (Å²) in [6.45, 7) is 0. The number of hydrogen-bond donors (Lipinski definition) is 3. The molecule has 4 nitrogen and oxygen atoms in total. The molecule has 0 amide bonds. The van der Waals surface area contributed by atoms with Crippen LogP contribution in [0.1, 0.15) is 0 Å². The van der Waals surface area contributed by atoms with Crippen molar-refractivity contribution in [2.24, 2.45) is 10.7 Å². The molecule has 0 aromatic carbocycles. The third-order valence-corrected chi connectivity index (χ3v) is 1.00. The van der Waals surface area contributed by atoms with Gasteiger partial charge in [-0.25, -0.2) is 4.99 Å². The van der Waals surface area contributed by atoms with Gasteiger partial charge in [-0.3, -0.25) is 5.41 Å². The normalized spacial score (nSPS) is 15.4. The quantitative estimate of drug-likeness (QED) is 0.349. The summed E-state index contributed by atoms with van der Waals surface area (Å²) in [7, 11) is 0. The lowest BCUT2D eigenvalue weighted by molar-refractivity contribution is 1.30. The molecule has 0 aromatic rings.